The Labute approximate surface area is 119 Å². The second-order valence-electron chi connectivity index (χ2n) is 4.45. The van der Waals surface area contributed by atoms with Gasteiger partial charge in [-0.05, 0) is 17.7 Å². The second kappa shape index (κ2) is 5.74. The number of rotatable bonds is 3. The molecule has 0 amide bonds. The highest BCUT2D eigenvalue weighted by molar-refractivity contribution is 5.89. The van der Waals surface area contributed by atoms with Crippen LogP contribution in [0.4, 0.5) is 4.39 Å². The molecule has 0 unspecified atom stereocenters. The largest absolute Gasteiger partial charge is 0.465 e. The minimum absolute atomic E-state index is 0.0350. The minimum Gasteiger partial charge on any atom is -0.465 e. The number of carbonyl (C=O) groups excluding carboxylic acids is 1. The van der Waals surface area contributed by atoms with Crippen LogP contribution in [0, 0.1) is 5.82 Å². The summed E-state index contributed by atoms with van der Waals surface area (Å²) in [5, 5.41) is 0. The molecule has 1 aromatic heterocycles. The number of methoxy groups -OCH3 is 1. The average Bonchev–Trinajstić information content (AvgIpc) is 2.47. The predicted molar refractivity (Wildman–Crippen MR) is 72.8 cm³/mol. The van der Waals surface area contributed by atoms with Gasteiger partial charge in [0.15, 0.2) is 0 Å². The van der Waals surface area contributed by atoms with E-state index in [0.29, 0.717) is 5.56 Å². The van der Waals surface area contributed by atoms with Gasteiger partial charge in [0.2, 0.25) is 0 Å². The van der Waals surface area contributed by atoms with E-state index in [2.05, 4.69) is 4.74 Å². The van der Waals surface area contributed by atoms with E-state index in [-0.39, 0.29) is 12.1 Å². The Morgan fingerprint density at radius 3 is 2.57 bits per heavy atom. The molecule has 0 fully saturated rings. The fourth-order valence-corrected chi connectivity index (χ4v) is 1.84. The van der Waals surface area contributed by atoms with Gasteiger partial charge in [0.05, 0.1) is 19.2 Å². The maximum atomic E-state index is 13.8. The van der Waals surface area contributed by atoms with Crippen LogP contribution in [-0.2, 0) is 18.3 Å². The van der Waals surface area contributed by atoms with Crippen molar-refractivity contribution in [1.82, 2.24) is 9.13 Å². The zero-order valence-electron chi connectivity index (χ0n) is 11.5. The van der Waals surface area contributed by atoms with Crippen LogP contribution in [0.25, 0.3) is 0 Å². The quantitative estimate of drug-likeness (QED) is 0.611. The molecule has 2 rings (SSSR count). The first kappa shape index (κ1) is 14.7. The molecule has 2 aromatic rings. The molecule has 1 heterocycles. The standard InChI is InChI=1S/C14H13FN2O4/c1-16-5-6-17(13(19)12(16)18)8-9-3-4-10(11(15)7-9)14(20)21-2/h3-7H,8H2,1-2H3. The predicted octanol–water partition coefficient (Wildman–Crippen LogP) is 0.521. The second-order valence-corrected chi connectivity index (χ2v) is 4.45. The lowest BCUT2D eigenvalue weighted by Crippen LogP contribution is -2.39. The summed E-state index contributed by atoms with van der Waals surface area (Å²) in [6, 6.07) is 3.91. The van der Waals surface area contributed by atoms with Gasteiger partial charge in [-0.15, -0.1) is 0 Å². The van der Waals surface area contributed by atoms with Gasteiger partial charge < -0.3 is 13.9 Å². The van der Waals surface area contributed by atoms with Crippen molar-refractivity contribution in [2.75, 3.05) is 7.11 Å². The molecular formula is C14H13FN2O4. The molecule has 21 heavy (non-hydrogen) atoms. The van der Waals surface area contributed by atoms with E-state index in [1.54, 1.807) is 0 Å². The summed E-state index contributed by atoms with van der Waals surface area (Å²) in [6.07, 6.45) is 2.89. The summed E-state index contributed by atoms with van der Waals surface area (Å²) in [4.78, 5) is 34.6. The molecule has 0 aliphatic heterocycles. The first-order chi connectivity index (χ1) is 9.93. The van der Waals surface area contributed by atoms with Crippen molar-refractivity contribution in [3.8, 4) is 0 Å². The van der Waals surface area contributed by atoms with E-state index >= 15 is 0 Å². The van der Waals surface area contributed by atoms with Crippen molar-refractivity contribution in [3.63, 3.8) is 0 Å². The van der Waals surface area contributed by atoms with Crippen molar-refractivity contribution in [2.24, 2.45) is 7.05 Å². The molecule has 7 heteroatoms. The molecule has 0 N–H and O–H groups in total. The maximum absolute atomic E-state index is 13.8. The number of aryl methyl sites for hydroxylation is 1. The van der Waals surface area contributed by atoms with Crippen molar-refractivity contribution in [3.05, 3.63) is 68.2 Å². The van der Waals surface area contributed by atoms with E-state index < -0.39 is 22.9 Å². The van der Waals surface area contributed by atoms with Crippen LogP contribution >= 0.6 is 0 Å². The Morgan fingerprint density at radius 2 is 1.95 bits per heavy atom. The van der Waals surface area contributed by atoms with Gasteiger partial charge in [0, 0.05) is 19.4 Å². The molecule has 0 aliphatic carbocycles. The maximum Gasteiger partial charge on any atom is 0.340 e. The molecule has 0 saturated carbocycles. The van der Waals surface area contributed by atoms with Crippen molar-refractivity contribution >= 4 is 5.97 Å². The molecule has 0 radical (unpaired) electrons. The van der Waals surface area contributed by atoms with Crippen LogP contribution < -0.4 is 11.1 Å². The number of carbonyl (C=O) groups is 1. The number of hydrogen-bond donors (Lipinski definition) is 0. The Kier molecular flexibility index (Phi) is 4.02. The fourth-order valence-electron chi connectivity index (χ4n) is 1.84. The van der Waals surface area contributed by atoms with Crippen LogP contribution in [0.2, 0.25) is 0 Å². The number of benzene rings is 1. The number of nitrogens with zero attached hydrogens (tertiary/aromatic N) is 2. The monoisotopic (exact) mass is 292 g/mol. The topological polar surface area (TPSA) is 70.3 Å². The normalized spacial score (nSPS) is 10.4. The van der Waals surface area contributed by atoms with E-state index in [1.165, 1.54) is 40.7 Å². The van der Waals surface area contributed by atoms with Crippen LogP contribution in [0.15, 0.2) is 40.2 Å². The molecule has 110 valence electrons. The fraction of sp³-hybridized carbons (Fsp3) is 0.214. The Bertz CT molecular complexity index is 807. The number of hydrogen-bond acceptors (Lipinski definition) is 4. The molecule has 0 spiro atoms. The molecule has 0 saturated heterocycles. The molecule has 0 bridgehead atoms. The number of halogens is 1. The molecule has 1 aromatic carbocycles. The van der Waals surface area contributed by atoms with E-state index in [1.807, 2.05) is 0 Å². The zero-order valence-corrected chi connectivity index (χ0v) is 11.5. The summed E-state index contributed by atoms with van der Waals surface area (Å²) in [5.41, 5.74) is -1.09. The van der Waals surface area contributed by atoms with Gasteiger partial charge in [0.1, 0.15) is 5.82 Å². The van der Waals surface area contributed by atoms with Crippen molar-refractivity contribution < 1.29 is 13.9 Å². The summed E-state index contributed by atoms with van der Waals surface area (Å²) in [7, 11) is 2.63. The van der Waals surface area contributed by atoms with Crippen molar-refractivity contribution in [2.45, 2.75) is 6.54 Å². The van der Waals surface area contributed by atoms with Gasteiger partial charge in [-0.3, -0.25) is 9.59 Å². The molecular weight excluding hydrogens is 279 g/mol. The average molecular weight is 292 g/mol. The molecule has 0 atom stereocenters. The third-order valence-corrected chi connectivity index (χ3v) is 3.03. The van der Waals surface area contributed by atoms with Crippen LogP contribution in [-0.4, -0.2) is 22.2 Å². The highest BCUT2D eigenvalue weighted by Gasteiger charge is 2.12. The third-order valence-electron chi connectivity index (χ3n) is 3.03. The number of ether oxygens (including phenoxy) is 1. The number of aromatic nitrogens is 2. The van der Waals surface area contributed by atoms with Crippen molar-refractivity contribution in [1.29, 1.82) is 0 Å². The third kappa shape index (κ3) is 2.91. The minimum atomic E-state index is -0.773. The first-order valence-electron chi connectivity index (χ1n) is 6.07. The Balaban J connectivity index is 2.36. The summed E-state index contributed by atoms with van der Waals surface area (Å²) in [6.45, 7) is 0.0350. The smallest absolute Gasteiger partial charge is 0.340 e. The first-order valence-corrected chi connectivity index (χ1v) is 6.07. The van der Waals surface area contributed by atoms with E-state index in [0.717, 1.165) is 13.2 Å². The summed E-state index contributed by atoms with van der Waals surface area (Å²) < 4.78 is 20.6. The Hall–Kier alpha value is -2.70. The number of esters is 1. The van der Waals surface area contributed by atoms with Gasteiger partial charge in [0.25, 0.3) is 0 Å². The van der Waals surface area contributed by atoms with Crippen LogP contribution in [0.3, 0.4) is 0 Å². The lowest BCUT2D eigenvalue weighted by Gasteiger charge is -2.08. The van der Waals surface area contributed by atoms with Gasteiger partial charge in [-0.25, -0.2) is 9.18 Å². The zero-order chi connectivity index (χ0) is 15.6. The molecule has 6 nitrogen and oxygen atoms in total. The van der Waals surface area contributed by atoms with Crippen LogP contribution in [0.5, 0.6) is 0 Å². The van der Waals surface area contributed by atoms with E-state index in [4.69, 9.17) is 0 Å². The lowest BCUT2D eigenvalue weighted by molar-refractivity contribution is 0.0595. The highest BCUT2D eigenvalue weighted by atomic mass is 19.1. The Morgan fingerprint density at radius 1 is 1.24 bits per heavy atom. The van der Waals surface area contributed by atoms with Gasteiger partial charge >= 0.3 is 17.1 Å². The summed E-state index contributed by atoms with van der Waals surface area (Å²) in [5.74, 6) is -1.51. The van der Waals surface area contributed by atoms with Gasteiger partial charge in [-0.1, -0.05) is 6.07 Å². The molecule has 0 aliphatic rings. The summed E-state index contributed by atoms with van der Waals surface area (Å²) >= 11 is 0. The van der Waals surface area contributed by atoms with Crippen LogP contribution in [0.1, 0.15) is 15.9 Å². The highest BCUT2D eigenvalue weighted by Crippen LogP contribution is 2.12. The van der Waals surface area contributed by atoms with Gasteiger partial charge in [-0.2, -0.15) is 0 Å². The lowest BCUT2D eigenvalue weighted by atomic mass is 10.1. The van der Waals surface area contributed by atoms with E-state index in [9.17, 15) is 18.8 Å². The SMILES string of the molecule is COC(=O)c1ccc(Cn2ccn(C)c(=O)c2=O)cc1F.